The molecule has 7 nitrogen and oxygen atoms in total. The lowest BCUT2D eigenvalue weighted by atomic mass is 10.1. The minimum Gasteiger partial charge on any atom is -0.457 e. The fraction of sp³-hybridized carbons (Fsp3) is 0.250. The van der Waals surface area contributed by atoms with Crippen LogP contribution in [0.3, 0.4) is 0 Å². The Hall–Kier alpha value is -3.62. The molecule has 2 N–H and O–H groups in total. The third kappa shape index (κ3) is 6.99. The number of carbonyl (C=O) groups excluding carboxylic acids is 2. The van der Waals surface area contributed by atoms with E-state index in [1.54, 1.807) is 12.1 Å². The van der Waals surface area contributed by atoms with Gasteiger partial charge in [-0.1, -0.05) is 30.7 Å². The molecule has 0 bridgehead atoms. The van der Waals surface area contributed by atoms with Crippen molar-refractivity contribution in [2.24, 2.45) is 0 Å². The van der Waals surface area contributed by atoms with Crippen LogP contribution in [0.25, 0.3) is 17.4 Å². The van der Waals surface area contributed by atoms with Crippen LogP contribution in [0.1, 0.15) is 24.7 Å². The number of rotatable bonds is 6. The highest BCUT2D eigenvalue weighted by Gasteiger charge is 2.20. The molecule has 3 aromatic rings. The van der Waals surface area contributed by atoms with Crippen molar-refractivity contribution in [2.45, 2.75) is 20.3 Å². The number of hydrogen-bond donors (Lipinski definition) is 2. The van der Waals surface area contributed by atoms with Crippen molar-refractivity contribution < 1.29 is 14.0 Å². The predicted octanol–water partition coefficient (Wildman–Crippen LogP) is 5.49. The zero-order valence-corrected chi connectivity index (χ0v) is 22.4. The van der Waals surface area contributed by atoms with Gasteiger partial charge in [-0.3, -0.25) is 14.9 Å². The summed E-state index contributed by atoms with van der Waals surface area (Å²) in [6.07, 6.45) is 3.49. The lowest BCUT2D eigenvalue weighted by Crippen LogP contribution is -2.48. The maximum absolute atomic E-state index is 12.3. The number of amides is 2. The first kappa shape index (κ1) is 26.4. The molecule has 2 heterocycles. The van der Waals surface area contributed by atoms with Crippen molar-refractivity contribution in [1.29, 1.82) is 0 Å². The van der Waals surface area contributed by atoms with E-state index in [0.717, 1.165) is 48.7 Å². The minimum atomic E-state index is -0.370. The number of furan rings is 1. The van der Waals surface area contributed by atoms with Crippen molar-refractivity contribution in [3.05, 3.63) is 77.0 Å². The van der Waals surface area contributed by atoms with Crippen molar-refractivity contribution in [3.63, 3.8) is 0 Å². The zero-order valence-electron chi connectivity index (χ0n) is 20.8. The average molecular weight is 537 g/mol. The summed E-state index contributed by atoms with van der Waals surface area (Å²) in [4.78, 5) is 28.3. The molecule has 0 spiro atoms. The van der Waals surface area contributed by atoms with E-state index in [1.165, 1.54) is 6.08 Å². The Kier molecular flexibility index (Phi) is 8.63. The number of nitrogens with one attached hydrogen (secondary N) is 2. The molecule has 1 aliphatic heterocycles. The van der Waals surface area contributed by atoms with E-state index in [0.29, 0.717) is 23.0 Å². The lowest BCUT2D eigenvalue weighted by molar-refractivity contribution is -0.131. The van der Waals surface area contributed by atoms with Gasteiger partial charge in [0, 0.05) is 60.6 Å². The molecule has 2 aromatic carbocycles. The first-order chi connectivity index (χ1) is 17.8. The Morgan fingerprint density at radius 2 is 1.78 bits per heavy atom. The summed E-state index contributed by atoms with van der Waals surface area (Å²) in [6, 6.07) is 17.2. The Labute approximate surface area is 227 Å². The van der Waals surface area contributed by atoms with Gasteiger partial charge in [0.15, 0.2) is 5.11 Å². The summed E-state index contributed by atoms with van der Waals surface area (Å²) in [5, 5.41) is 6.53. The predicted molar refractivity (Wildman–Crippen MR) is 153 cm³/mol. The number of piperazine rings is 1. The summed E-state index contributed by atoms with van der Waals surface area (Å²) < 4.78 is 5.80. The maximum Gasteiger partial charge on any atom is 0.250 e. The van der Waals surface area contributed by atoms with Gasteiger partial charge in [-0.25, -0.2) is 0 Å². The Morgan fingerprint density at radius 1 is 1.05 bits per heavy atom. The van der Waals surface area contributed by atoms with Gasteiger partial charge in [0.1, 0.15) is 11.5 Å². The highest BCUT2D eigenvalue weighted by Crippen LogP contribution is 2.27. The summed E-state index contributed by atoms with van der Waals surface area (Å²) in [5.41, 5.74) is 3.71. The molecule has 0 atom stereocenters. The molecule has 1 aliphatic rings. The summed E-state index contributed by atoms with van der Waals surface area (Å²) in [6.45, 7) is 6.90. The van der Waals surface area contributed by atoms with Crippen LogP contribution in [0.15, 0.2) is 65.1 Å². The fourth-order valence-corrected chi connectivity index (χ4v) is 4.41. The standard InChI is InChI=1S/C28H29ClN4O3S/c1-3-27(35)33-16-14-32(15-17-33)22-8-6-21(7-9-22)30-28(37)31-26(34)13-11-23-10-12-25(36-23)20-5-4-19(2)24(29)18-20/h4-13,18H,3,14-17H2,1-2H3,(H2,30,31,34,37)/b13-11+. The van der Waals surface area contributed by atoms with E-state index in [-0.39, 0.29) is 16.9 Å². The molecule has 1 fully saturated rings. The number of carbonyl (C=O) groups is 2. The van der Waals surface area contributed by atoms with E-state index in [4.69, 9.17) is 28.2 Å². The molecule has 0 radical (unpaired) electrons. The topological polar surface area (TPSA) is 77.8 Å². The summed E-state index contributed by atoms with van der Waals surface area (Å²) in [7, 11) is 0. The van der Waals surface area contributed by atoms with Gasteiger partial charge in [0.25, 0.3) is 0 Å². The van der Waals surface area contributed by atoms with Crippen LogP contribution in [0.2, 0.25) is 5.02 Å². The summed E-state index contributed by atoms with van der Waals surface area (Å²) >= 11 is 11.5. The molecule has 0 aliphatic carbocycles. The van der Waals surface area contributed by atoms with Crippen LogP contribution >= 0.6 is 23.8 Å². The second kappa shape index (κ2) is 12.1. The van der Waals surface area contributed by atoms with E-state index >= 15 is 0 Å². The molecule has 192 valence electrons. The molecule has 2 amide bonds. The van der Waals surface area contributed by atoms with Gasteiger partial charge >= 0.3 is 0 Å². The third-order valence-electron chi connectivity index (χ3n) is 6.14. The molecule has 0 saturated carbocycles. The average Bonchev–Trinajstić information content (AvgIpc) is 3.38. The van der Waals surface area contributed by atoms with Crippen LogP contribution in [0.5, 0.6) is 0 Å². The molecule has 0 unspecified atom stereocenters. The van der Waals surface area contributed by atoms with Crippen LogP contribution in [-0.2, 0) is 9.59 Å². The quantitative estimate of drug-likeness (QED) is 0.320. The number of benzene rings is 2. The summed E-state index contributed by atoms with van der Waals surface area (Å²) in [5.74, 6) is 1.03. The number of aryl methyl sites for hydroxylation is 1. The largest absolute Gasteiger partial charge is 0.457 e. The number of nitrogens with zero attached hydrogens (tertiary/aromatic N) is 2. The normalized spacial score (nSPS) is 13.6. The van der Waals surface area contributed by atoms with Crippen LogP contribution in [-0.4, -0.2) is 48.0 Å². The highest BCUT2D eigenvalue weighted by atomic mass is 35.5. The first-order valence-corrected chi connectivity index (χ1v) is 12.9. The molecule has 1 saturated heterocycles. The Morgan fingerprint density at radius 3 is 2.46 bits per heavy atom. The molecule has 4 rings (SSSR count). The molecule has 37 heavy (non-hydrogen) atoms. The second-order valence-corrected chi connectivity index (χ2v) is 9.53. The molecular weight excluding hydrogens is 508 g/mol. The van der Waals surface area contributed by atoms with Crippen molar-refractivity contribution >= 4 is 58.2 Å². The van der Waals surface area contributed by atoms with Gasteiger partial charge in [0.2, 0.25) is 11.8 Å². The Balaban J connectivity index is 1.25. The van der Waals surface area contributed by atoms with Crippen LogP contribution in [0.4, 0.5) is 11.4 Å². The zero-order chi connectivity index (χ0) is 26.4. The van der Waals surface area contributed by atoms with Gasteiger partial charge in [-0.15, -0.1) is 0 Å². The van der Waals surface area contributed by atoms with E-state index in [2.05, 4.69) is 15.5 Å². The van der Waals surface area contributed by atoms with Gasteiger partial charge < -0.3 is 19.5 Å². The van der Waals surface area contributed by atoms with Gasteiger partial charge in [0.05, 0.1) is 0 Å². The number of anilines is 2. The number of thiocarbonyl (C=S) groups is 1. The monoisotopic (exact) mass is 536 g/mol. The number of halogens is 1. The second-order valence-electron chi connectivity index (χ2n) is 8.71. The fourth-order valence-electron chi connectivity index (χ4n) is 4.01. The van der Waals surface area contributed by atoms with Crippen LogP contribution < -0.4 is 15.5 Å². The van der Waals surface area contributed by atoms with Crippen LogP contribution in [0, 0.1) is 6.92 Å². The van der Waals surface area contributed by atoms with E-state index < -0.39 is 0 Å². The van der Waals surface area contributed by atoms with Gasteiger partial charge in [-0.2, -0.15) is 0 Å². The molecular formula is C28H29ClN4O3S. The van der Waals surface area contributed by atoms with E-state index in [1.807, 2.05) is 67.3 Å². The van der Waals surface area contributed by atoms with Crippen molar-refractivity contribution in [2.75, 3.05) is 36.4 Å². The van der Waals surface area contributed by atoms with E-state index in [9.17, 15) is 9.59 Å². The minimum absolute atomic E-state index is 0.198. The maximum atomic E-state index is 12.3. The Bertz CT molecular complexity index is 1310. The van der Waals surface area contributed by atoms with Crippen molar-refractivity contribution in [1.82, 2.24) is 10.2 Å². The SMILES string of the molecule is CCC(=O)N1CCN(c2ccc(NC(=S)NC(=O)/C=C/c3ccc(-c4ccc(C)c(Cl)c4)o3)cc2)CC1. The molecule has 1 aromatic heterocycles. The first-order valence-electron chi connectivity index (χ1n) is 12.1. The lowest BCUT2D eigenvalue weighted by Gasteiger charge is -2.36. The van der Waals surface area contributed by atoms with Crippen molar-refractivity contribution in [3.8, 4) is 11.3 Å². The third-order valence-corrected chi connectivity index (χ3v) is 6.76. The smallest absolute Gasteiger partial charge is 0.250 e. The highest BCUT2D eigenvalue weighted by molar-refractivity contribution is 7.80. The molecule has 9 heteroatoms. The number of hydrogen-bond acceptors (Lipinski definition) is 5. The van der Waals surface area contributed by atoms with Gasteiger partial charge in [-0.05, 0) is 73.2 Å².